The molecule has 1 atom stereocenters. The Morgan fingerprint density at radius 3 is 2.14 bits per heavy atom. The highest BCUT2D eigenvalue weighted by Gasteiger charge is 2.39. The van der Waals surface area contributed by atoms with Crippen LogP contribution < -0.4 is 11.1 Å². The van der Waals surface area contributed by atoms with Gasteiger partial charge in [-0.1, -0.05) is 29.8 Å². The number of alkyl halides is 3. The zero-order valence-corrected chi connectivity index (χ0v) is 36.7. The molecule has 2 aromatic carbocycles. The number of fused-ring (bicyclic) bond motifs is 1. The first-order valence-electron chi connectivity index (χ1n) is 22.4. The number of piperidine rings is 3. The quantitative estimate of drug-likeness (QED) is 0.192. The lowest BCUT2D eigenvalue weighted by Gasteiger charge is -2.41. The third-order valence-corrected chi connectivity index (χ3v) is 13.8. The number of hydrogen-bond donors (Lipinski definition) is 2. The monoisotopic (exact) mass is 915 g/mol. The molecule has 15 nitrogen and oxygen atoms in total. The molecule has 5 heterocycles. The first-order chi connectivity index (χ1) is 30.6. The van der Waals surface area contributed by atoms with Gasteiger partial charge in [-0.25, -0.2) is 9.59 Å². The number of benzene rings is 2. The van der Waals surface area contributed by atoms with Gasteiger partial charge in [0, 0.05) is 83.3 Å². The minimum Gasteiger partial charge on any atom is -0.464 e. The highest BCUT2D eigenvalue weighted by atomic mass is 35.5. The molecule has 0 bridgehead atoms. The van der Waals surface area contributed by atoms with Gasteiger partial charge in [-0.15, -0.1) is 0 Å². The Kier molecular flexibility index (Phi) is 15.1. The molecule has 0 saturated carbocycles. The van der Waals surface area contributed by atoms with Crippen molar-refractivity contribution in [1.82, 2.24) is 24.5 Å². The first kappa shape index (κ1) is 46.7. The average molecular weight is 916 g/mol. The van der Waals surface area contributed by atoms with E-state index in [1.807, 2.05) is 24.3 Å². The molecule has 3 N–H and O–H groups in total. The van der Waals surface area contributed by atoms with Crippen LogP contribution in [0.3, 0.4) is 0 Å². The maximum absolute atomic E-state index is 14.2. The van der Waals surface area contributed by atoms with E-state index in [2.05, 4.69) is 5.32 Å². The summed E-state index contributed by atoms with van der Waals surface area (Å²) in [4.78, 5) is 86.3. The van der Waals surface area contributed by atoms with E-state index < -0.39 is 41.5 Å². The van der Waals surface area contributed by atoms with Crippen molar-refractivity contribution in [2.24, 2.45) is 11.8 Å². The Bertz CT molecular complexity index is 2050. The number of nitrogens with zero attached hydrogens (tertiary/aromatic N) is 5. The smallest absolute Gasteiger partial charge is 0.418 e. The number of carbonyl (C=O) groups excluding carboxylic acids is 6. The molecule has 348 valence electrons. The number of para-hydroxylation sites is 1. The average Bonchev–Trinajstić information content (AvgIpc) is 3.61. The van der Waals surface area contributed by atoms with Crippen LogP contribution in [0.15, 0.2) is 36.4 Å². The fraction of sp³-hybridized carbons (Fsp3) is 0.600. The number of nitrogens with one attached hydrogen (secondary N) is 1. The van der Waals surface area contributed by atoms with Crippen LogP contribution in [0.5, 0.6) is 0 Å². The molecular weight excluding hydrogens is 859 g/mol. The van der Waals surface area contributed by atoms with Crippen LogP contribution in [0, 0.1) is 11.8 Å². The number of halogens is 4. The van der Waals surface area contributed by atoms with Crippen LogP contribution in [0.25, 0.3) is 0 Å². The Balaban J connectivity index is 0.910. The molecule has 0 radical (unpaired) electrons. The van der Waals surface area contributed by atoms with Crippen molar-refractivity contribution in [3.8, 4) is 0 Å². The van der Waals surface area contributed by atoms with Crippen LogP contribution in [0.4, 0.5) is 34.1 Å². The summed E-state index contributed by atoms with van der Waals surface area (Å²) in [5, 5.41) is 2.65. The van der Waals surface area contributed by atoms with Crippen molar-refractivity contribution >= 4 is 58.8 Å². The summed E-state index contributed by atoms with van der Waals surface area (Å²) in [6.45, 7) is 3.95. The van der Waals surface area contributed by atoms with E-state index >= 15 is 0 Å². The molecule has 2 aromatic rings. The zero-order chi connectivity index (χ0) is 45.5. The van der Waals surface area contributed by atoms with Crippen molar-refractivity contribution in [2.75, 3.05) is 76.6 Å². The third kappa shape index (κ3) is 11.5. The molecule has 0 aliphatic carbocycles. The maximum Gasteiger partial charge on any atom is 0.418 e. The second kappa shape index (κ2) is 20.7. The third-order valence-electron chi connectivity index (χ3n) is 13.5. The first-order valence-corrected chi connectivity index (χ1v) is 22.8. The van der Waals surface area contributed by atoms with Gasteiger partial charge in [0.1, 0.15) is 6.61 Å². The second-order valence-electron chi connectivity index (χ2n) is 17.4. The predicted molar refractivity (Wildman–Crippen MR) is 230 cm³/mol. The molecule has 19 heteroatoms. The fourth-order valence-corrected chi connectivity index (χ4v) is 10.0. The van der Waals surface area contributed by atoms with Gasteiger partial charge in [0.05, 0.1) is 29.2 Å². The number of hydrogen-bond acceptors (Lipinski definition) is 9. The van der Waals surface area contributed by atoms with Gasteiger partial charge in [0.25, 0.3) is 5.91 Å². The number of carbonyl (C=O) groups is 6. The van der Waals surface area contributed by atoms with E-state index in [9.17, 15) is 41.9 Å². The van der Waals surface area contributed by atoms with Gasteiger partial charge in [-0.2, -0.15) is 13.2 Å². The van der Waals surface area contributed by atoms with E-state index in [1.54, 1.807) is 19.6 Å². The number of anilines is 2. The van der Waals surface area contributed by atoms with Gasteiger partial charge < -0.3 is 45.0 Å². The summed E-state index contributed by atoms with van der Waals surface area (Å²) in [5.74, 6) is -0.466. The summed E-state index contributed by atoms with van der Waals surface area (Å²) in [7, 11) is 0. The van der Waals surface area contributed by atoms with Gasteiger partial charge >= 0.3 is 24.3 Å². The Morgan fingerprint density at radius 1 is 0.828 bits per heavy atom. The van der Waals surface area contributed by atoms with E-state index in [-0.39, 0.29) is 79.4 Å². The largest absolute Gasteiger partial charge is 0.464 e. The predicted octanol–water partition coefficient (Wildman–Crippen LogP) is 5.97. The molecule has 64 heavy (non-hydrogen) atoms. The van der Waals surface area contributed by atoms with Crippen molar-refractivity contribution in [3.05, 3.63) is 58.1 Å². The van der Waals surface area contributed by atoms with Crippen molar-refractivity contribution in [3.63, 3.8) is 0 Å². The van der Waals surface area contributed by atoms with E-state index in [0.717, 1.165) is 36.6 Å². The molecular formula is C45H57ClF3N7O8. The minimum atomic E-state index is -4.81. The van der Waals surface area contributed by atoms with Crippen molar-refractivity contribution < 1.29 is 51.4 Å². The molecule has 0 aromatic heterocycles. The summed E-state index contributed by atoms with van der Waals surface area (Å²) in [6.07, 6.45) is -1.57. The number of amides is 6. The molecule has 5 aliphatic heterocycles. The van der Waals surface area contributed by atoms with Crippen molar-refractivity contribution in [2.45, 2.75) is 95.4 Å². The van der Waals surface area contributed by atoms with E-state index in [0.29, 0.717) is 90.3 Å². The van der Waals surface area contributed by atoms with Gasteiger partial charge in [-0.3, -0.25) is 19.2 Å². The molecule has 0 spiro atoms. The van der Waals surface area contributed by atoms with E-state index in [4.69, 9.17) is 26.8 Å². The van der Waals surface area contributed by atoms with E-state index in [1.165, 1.54) is 11.0 Å². The Morgan fingerprint density at radius 2 is 1.48 bits per heavy atom. The Hall–Kier alpha value is -5.26. The molecule has 4 saturated heterocycles. The van der Waals surface area contributed by atoms with Gasteiger partial charge in [0.2, 0.25) is 11.8 Å². The lowest BCUT2D eigenvalue weighted by atomic mass is 9.78. The summed E-state index contributed by atoms with van der Waals surface area (Å²) < 4.78 is 53.0. The highest BCUT2D eigenvalue weighted by Crippen LogP contribution is 2.39. The summed E-state index contributed by atoms with van der Waals surface area (Å²) >= 11 is 6.15. The van der Waals surface area contributed by atoms with Crippen molar-refractivity contribution in [1.29, 1.82) is 0 Å². The van der Waals surface area contributed by atoms with Gasteiger partial charge in [-0.05, 0) is 92.5 Å². The number of nitrogen functional groups attached to an aromatic ring is 1. The number of ether oxygens (including phenoxy) is 2. The fourth-order valence-electron chi connectivity index (χ4n) is 9.78. The maximum atomic E-state index is 14.2. The number of likely N-dealkylation sites (tertiary alicyclic amines) is 4. The number of urea groups is 1. The van der Waals surface area contributed by atoms with Crippen LogP contribution in [-0.4, -0.2) is 138 Å². The lowest BCUT2D eigenvalue weighted by Crippen LogP contribution is -2.52. The summed E-state index contributed by atoms with van der Waals surface area (Å²) in [5.41, 5.74) is 5.76. The molecule has 5 aliphatic rings. The SMILES string of the molecule is Nc1c(Cl)cc(CC(OC(=O)N2CCC(N3CCc4ccccc4NC3=O)CC2)C(=O)N2CCC(C3CCN(C(=O)CCC(=O)OCCN4CCCC4=O)CC3)CC2)cc1C(F)(F)F. The Labute approximate surface area is 375 Å². The standard InChI is InChI=1S/C45H57ClF3N7O8/c46-35-27-29(26-34(41(35)50)45(47,48)49)28-37(64-44(62)55-21-14-33(15-22-55)56-23-13-32-4-1-2-5-36(32)51-43(56)61)42(60)54-19-11-31(12-20-54)30-9-17-53(18-10-30)39(58)7-8-40(59)63-25-24-52-16-3-6-38(52)57/h1-2,4-5,26-27,30-31,33,37H,3,6-25,28,50H2,(H,51,61). The van der Waals surface area contributed by atoms with Gasteiger partial charge in [0.15, 0.2) is 6.10 Å². The topological polar surface area (TPSA) is 175 Å². The number of rotatable bonds is 12. The molecule has 7 rings (SSSR count). The number of esters is 1. The normalized spacial score (nSPS) is 19.8. The highest BCUT2D eigenvalue weighted by molar-refractivity contribution is 6.33. The zero-order valence-electron chi connectivity index (χ0n) is 35.9. The van der Waals surface area contributed by atoms with Crippen LogP contribution in [0.2, 0.25) is 5.02 Å². The number of nitrogens with two attached hydrogens (primary N) is 1. The van der Waals surface area contributed by atoms with Crippen LogP contribution in [-0.2, 0) is 47.7 Å². The second-order valence-corrected chi connectivity index (χ2v) is 17.9. The summed E-state index contributed by atoms with van der Waals surface area (Å²) in [6, 6.07) is 9.38. The molecule has 4 fully saturated rings. The minimum absolute atomic E-state index is 0.0301. The molecule has 1 unspecified atom stereocenters. The molecule has 6 amide bonds. The lowest BCUT2D eigenvalue weighted by molar-refractivity contribution is -0.147. The van der Waals surface area contributed by atoms with Crippen LogP contribution in [0.1, 0.15) is 80.9 Å². The van der Waals surface area contributed by atoms with Crippen LogP contribution >= 0.6 is 11.6 Å².